The lowest BCUT2D eigenvalue weighted by molar-refractivity contribution is -0.0593. The first kappa shape index (κ1) is 15.8. The van der Waals surface area contributed by atoms with E-state index in [1.807, 2.05) is 0 Å². The van der Waals surface area contributed by atoms with Crippen molar-refractivity contribution in [2.75, 3.05) is 0 Å². The highest BCUT2D eigenvalue weighted by molar-refractivity contribution is 6.33. The lowest BCUT2D eigenvalue weighted by Gasteiger charge is -2.16. The number of benzene rings is 1. The number of halogens is 1. The highest BCUT2D eigenvalue weighted by Crippen LogP contribution is 2.32. The van der Waals surface area contributed by atoms with Crippen molar-refractivity contribution in [2.24, 2.45) is 0 Å². The average Bonchev–Trinajstić information content (AvgIpc) is 3.31. The van der Waals surface area contributed by atoms with Gasteiger partial charge in [0.2, 0.25) is 0 Å². The average molecular weight is 360 g/mol. The highest BCUT2D eigenvalue weighted by Gasteiger charge is 2.40. The Morgan fingerprint density at radius 1 is 1.12 bits per heavy atom. The third kappa shape index (κ3) is 2.51. The first-order valence-electron chi connectivity index (χ1n) is 8.01. The third-order valence-electron chi connectivity index (χ3n) is 4.55. The van der Waals surface area contributed by atoms with Gasteiger partial charge in [-0.15, -0.1) is 0 Å². The van der Waals surface area contributed by atoms with Crippen LogP contribution in [0.1, 0.15) is 62.9 Å². The predicted molar refractivity (Wildman–Crippen MR) is 87.1 cm³/mol. The molecule has 0 saturated heterocycles. The first-order valence-corrected chi connectivity index (χ1v) is 8.39. The van der Waals surface area contributed by atoms with Gasteiger partial charge in [-0.05, 0) is 25.0 Å². The Balaban J connectivity index is 1.61. The summed E-state index contributed by atoms with van der Waals surface area (Å²) in [4.78, 5) is 42.3. The van der Waals surface area contributed by atoms with Crippen LogP contribution in [-0.4, -0.2) is 32.6 Å². The number of nitrogens with zero attached hydrogens (tertiary/aromatic N) is 3. The zero-order valence-electron chi connectivity index (χ0n) is 13.1. The fourth-order valence-electron chi connectivity index (χ4n) is 3.33. The molecule has 1 fully saturated rings. The molecule has 2 heterocycles. The zero-order valence-corrected chi connectivity index (χ0v) is 13.9. The maximum Gasteiger partial charge on any atom is 0.383 e. The van der Waals surface area contributed by atoms with Crippen LogP contribution in [0.25, 0.3) is 0 Å². The maximum atomic E-state index is 12.6. The molecule has 128 valence electrons. The smallest absolute Gasteiger partial charge is 0.322 e. The first-order chi connectivity index (χ1) is 12.1. The molecule has 0 spiro atoms. The van der Waals surface area contributed by atoms with E-state index in [1.54, 1.807) is 12.1 Å². The van der Waals surface area contributed by atoms with Gasteiger partial charge in [0.25, 0.3) is 11.8 Å². The predicted octanol–water partition coefficient (Wildman–Crippen LogP) is 3.02. The Kier molecular flexibility index (Phi) is 3.80. The van der Waals surface area contributed by atoms with E-state index in [4.69, 9.17) is 16.4 Å². The van der Waals surface area contributed by atoms with Gasteiger partial charge in [-0.3, -0.25) is 14.3 Å². The molecule has 1 aliphatic carbocycles. The van der Waals surface area contributed by atoms with Crippen molar-refractivity contribution >= 4 is 29.4 Å². The number of hydrogen-bond acceptors (Lipinski definition) is 5. The number of hydrogen-bond donors (Lipinski definition) is 0. The molecule has 1 saturated carbocycles. The Hall–Kier alpha value is -2.67. The second kappa shape index (κ2) is 6.00. The van der Waals surface area contributed by atoms with E-state index in [0.29, 0.717) is 5.06 Å². The van der Waals surface area contributed by atoms with Crippen LogP contribution in [0.15, 0.2) is 30.5 Å². The second-order valence-electron chi connectivity index (χ2n) is 6.05. The van der Waals surface area contributed by atoms with Crippen LogP contribution in [0.5, 0.6) is 0 Å². The fourth-order valence-corrected chi connectivity index (χ4v) is 3.54. The van der Waals surface area contributed by atoms with Crippen molar-refractivity contribution < 1.29 is 19.2 Å². The second-order valence-corrected chi connectivity index (χ2v) is 6.46. The van der Waals surface area contributed by atoms with Gasteiger partial charge < -0.3 is 4.84 Å². The molecule has 1 aliphatic heterocycles. The summed E-state index contributed by atoms with van der Waals surface area (Å²) < 4.78 is 1.54. The van der Waals surface area contributed by atoms with Gasteiger partial charge in [-0.25, -0.2) is 4.79 Å². The fraction of sp³-hybridized carbons (Fsp3) is 0.294. The topological polar surface area (TPSA) is 81.5 Å². The molecule has 1 aromatic carbocycles. The molecule has 0 radical (unpaired) electrons. The molecule has 0 atom stereocenters. The zero-order chi connectivity index (χ0) is 17.6. The van der Waals surface area contributed by atoms with Crippen molar-refractivity contribution in [1.29, 1.82) is 0 Å². The van der Waals surface area contributed by atoms with Gasteiger partial charge in [0, 0.05) is 0 Å². The monoisotopic (exact) mass is 359 g/mol. The lowest BCUT2D eigenvalue weighted by Crippen LogP contribution is -2.33. The van der Waals surface area contributed by atoms with E-state index in [-0.39, 0.29) is 27.9 Å². The molecule has 1 aromatic heterocycles. The SMILES string of the molecule is O=C(ON1C(=O)c2ccccc2C1=O)c1c(Cl)cnn1C1CCCC1. The van der Waals surface area contributed by atoms with Gasteiger partial charge in [-0.1, -0.05) is 41.6 Å². The number of rotatable bonds is 3. The summed E-state index contributed by atoms with van der Waals surface area (Å²) in [5.41, 5.74) is 0.469. The largest absolute Gasteiger partial charge is 0.383 e. The Labute approximate surface area is 148 Å². The quantitative estimate of drug-likeness (QED) is 0.787. The van der Waals surface area contributed by atoms with Gasteiger partial charge in [0.15, 0.2) is 5.69 Å². The van der Waals surface area contributed by atoms with E-state index in [2.05, 4.69) is 5.10 Å². The summed E-state index contributed by atoms with van der Waals surface area (Å²) >= 11 is 6.09. The maximum absolute atomic E-state index is 12.6. The molecule has 2 aromatic rings. The normalized spacial score (nSPS) is 17.2. The third-order valence-corrected chi connectivity index (χ3v) is 4.82. The summed E-state index contributed by atoms with van der Waals surface area (Å²) in [6.07, 6.45) is 5.26. The number of aromatic nitrogens is 2. The van der Waals surface area contributed by atoms with Crippen LogP contribution in [0.4, 0.5) is 0 Å². The number of carbonyl (C=O) groups is 3. The Morgan fingerprint density at radius 3 is 2.32 bits per heavy atom. The molecule has 0 bridgehead atoms. The number of amides is 2. The van der Waals surface area contributed by atoms with Crippen molar-refractivity contribution in [2.45, 2.75) is 31.7 Å². The van der Waals surface area contributed by atoms with E-state index in [9.17, 15) is 14.4 Å². The van der Waals surface area contributed by atoms with Gasteiger partial charge in [0.05, 0.1) is 28.4 Å². The molecule has 7 nitrogen and oxygen atoms in total. The van der Waals surface area contributed by atoms with E-state index in [0.717, 1.165) is 25.7 Å². The molecule has 8 heteroatoms. The number of fused-ring (bicyclic) bond motifs is 1. The van der Waals surface area contributed by atoms with Crippen molar-refractivity contribution in [3.8, 4) is 0 Å². The number of carbonyl (C=O) groups excluding carboxylic acids is 3. The molecule has 4 rings (SSSR count). The van der Waals surface area contributed by atoms with E-state index < -0.39 is 17.8 Å². The molecule has 0 N–H and O–H groups in total. The van der Waals surface area contributed by atoms with Crippen LogP contribution >= 0.6 is 11.6 Å². The van der Waals surface area contributed by atoms with Gasteiger partial charge in [0.1, 0.15) is 0 Å². The number of hydroxylamine groups is 2. The van der Waals surface area contributed by atoms with Gasteiger partial charge in [-0.2, -0.15) is 5.10 Å². The number of imide groups is 1. The summed E-state index contributed by atoms with van der Waals surface area (Å²) in [5, 5.41) is 4.78. The van der Waals surface area contributed by atoms with E-state index in [1.165, 1.54) is 23.0 Å². The summed E-state index contributed by atoms with van der Waals surface area (Å²) in [6.45, 7) is 0. The van der Waals surface area contributed by atoms with Crippen LogP contribution < -0.4 is 0 Å². The standard InChI is InChI=1S/C17H14ClN3O4/c18-13-9-19-20(10-5-1-2-6-10)14(13)17(24)25-21-15(22)11-7-3-4-8-12(11)16(21)23/h3-4,7-10H,1-2,5-6H2. The van der Waals surface area contributed by atoms with Crippen LogP contribution in [0.2, 0.25) is 5.02 Å². The summed E-state index contributed by atoms with van der Waals surface area (Å²) in [6, 6.07) is 6.37. The van der Waals surface area contributed by atoms with Crippen molar-refractivity contribution in [1.82, 2.24) is 14.8 Å². The Bertz CT molecular complexity index is 851. The molecule has 2 aliphatic rings. The van der Waals surface area contributed by atoms with Crippen LogP contribution in [0.3, 0.4) is 0 Å². The van der Waals surface area contributed by atoms with E-state index >= 15 is 0 Å². The van der Waals surface area contributed by atoms with Crippen LogP contribution in [-0.2, 0) is 4.84 Å². The van der Waals surface area contributed by atoms with Crippen molar-refractivity contribution in [3.63, 3.8) is 0 Å². The molecule has 2 amide bonds. The Morgan fingerprint density at radius 2 is 1.72 bits per heavy atom. The summed E-state index contributed by atoms with van der Waals surface area (Å²) in [5.74, 6) is -2.21. The van der Waals surface area contributed by atoms with Crippen molar-refractivity contribution in [3.05, 3.63) is 52.3 Å². The molecule has 0 unspecified atom stereocenters. The minimum absolute atomic E-state index is 0.0603. The molecular weight excluding hydrogens is 346 g/mol. The lowest BCUT2D eigenvalue weighted by atomic mass is 10.1. The van der Waals surface area contributed by atoms with Crippen LogP contribution in [0, 0.1) is 0 Å². The molecule has 25 heavy (non-hydrogen) atoms. The highest BCUT2D eigenvalue weighted by atomic mass is 35.5. The van der Waals surface area contributed by atoms with Gasteiger partial charge >= 0.3 is 5.97 Å². The minimum atomic E-state index is -0.871. The molecular formula is C17H14ClN3O4. The summed E-state index contributed by atoms with van der Waals surface area (Å²) in [7, 11) is 0. The minimum Gasteiger partial charge on any atom is -0.322 e.